The van der Waals surface area contributed by atoms with Crippen molar-refractivity contribution in [3.63, 3.8) is 0 Å². The molecule has 2 fully saturated rings. The van der Waals surface area contributed by atoms with Gasteiger partial charge in [0.15, 0.2) is 0 Å². The minimum absolute atomic E-state index is 0.0563. The third-order valence-corrected chi connectivity index (χ3v) is 7.22. The highest BCUT2D eigenvalue weighted by Gasteiger charge is 2.37. The van der Waals surface area contributed by atoms with Crippen molar-refractivity contribution < 1.29 is 9.59 Å². The van der Waals surface area contributed by atoms with Gasteiger partial charge in [-0.25, -0.2) is 0 Å². The van der Waals surface area contributed by atoms with E-state index in [2.05, 4.69) is 48.0 Å². The molecule has 2 amide bonds. The van der Waals surface area contributed by atoms with E-state index in [-0.39, 0.29) is 18.0 Å². The highest BCUT2D eigenvalue weighted by molar-refractivity contribution is 6.04. The Morgan fingerprint density at radius 2 is 1.75 bits per heavy atom. The summed E-state index contributed by atoms with van der Waals surface area (Å²) >= 11 is 0. The smallest absolute Gasteiger partial charge is 0.257 e. The number of benzene rings is 2. The average Bonchev–Trinajstić information content (AvgIpc) is 3.08. The van der Waals surface area contributed by atoms with Gasteiger partial charge in [0, 0.05) is 51.0 Å². The molecule has 1 unspecified atom stereocenters. The van der Waals surface area contributed by atoms with Crippen LogP contribution >= 0.6 is 0 Å². The zero-order chi connectivity index (χ0) is 22.2. The van der Waals surface area contributed by atoms with Crippen LogP contribution in [0.15, 0.2) is 42.5 Å². The lowest BCUT2D eigenvalue weighted by Gasteiger charge is -2.43. The first-order valence-electron chi connectivity index (χ1n) is 11.8. The lowest BCUT2D eigenvalue weighted by molar-refractivity contribution is 0.0659. The second-order valence-corrected chi connectivity index (χ2v) is 9.29. The molecule has 6 heteroatoms. The van der Waals surface area contributed by atoms with Crippen LogP contribution in [0.5, 0.6) is 0 Å². The Morgan fingerprint density at radius 1 is 0.938 bits per heavy atom. The number of hydrogen-bond acceptors (Lipinski definition) is 4. The molecular weight excluding hydrogens is 400 g/mol. The number of hydrogen-bond donors (Lipinski definition) is 0. The minimum Gasteiger partial charge on any atom is -0.368 e. The van der Waals surface area contributed by atoms with E-state index >= 15 is 0 Å². The Hall–Kier alpha value is -3.02. The van der Waals surface area contributed by atoms with E-state index in [1.165, 1.54) is 17.7 Å². The molecule has 2 aromatic rings. The van der Waals surface area contributed by atoms with Crippen molar-refractivity contribution >= 4 is 23.2 Å². The molecule has 1 atom stereocenters. The van der Waals surface area contributed by atoms with Crippen molar-refractivity contribution in [2.75, 3.05) is 49.6 Å². The third kappa shape index (κ3) is 3.72. The third-order valence-electron chi connectivity index (χ3n) is 7.22. The van der Waals surface area contributed by atoms with Gasteiger partial charge in [0.25, 0.3) is 11.8 Å². The van der Waals surface area contributed by atoms with Crippen LogP contribution in [-0.4, -0.2) is 67.6 Å². The molecule has 0 saturated carbocycles. The Morgan fingerprint density at radius 3 is 2.53 bits per heavy atom. The van der Waals surface area contributed by atoms with Crippen LogP contribution < -0.4 is 9.80 Å². The summed E-state index contributed by atoms with van der Waals surface area (Å²) in [7, 11) is 2.06. The summed E-state index contributed by atoms with van der Waals surface area (Å²) in [6, 6.07) is 14.1. The van der Waals surface area contributed by atoms with Crippen LogP contribution in [0.1, 0.15) is 52.0 Å². The molecule has 0 aromatic heterocycles. The van der Waals surface area contributed by atoms with Crippen molar-refractivity contribution in [3.8, 4) is 0 Å². The Bertz CT molecular complexity index is 1030. The van der Waals surface area contributed by atoms with Crippen LogP contribution in [-0.2, 0) is 0 Å². The van der Waals surface area contributed by atoms with Gasteiger partial charge in [0.1, 0.15) is 6.17 Å². The second-order valence-electron chi connectivity index (χ2n) is 9.29. The van der Waals surface area contributed by atoms with E-state index in [0.29, 0.717) is 24.2 Å². The van der Waals surface area contributed by atoms with E-state index in [0.717, 1.165) is 44.6 Å². The largest absolute Gasteiger partial charge is 0.368 e. The molecule has 5 rings (SSSR count). The summed E-state index contributed by atoms with van der Waals surface area (Å²) in [5.74, 6) is 0.164. The van der Waals surface area contributed by atoms with E-state index in [4.69, 9.17) is 0 Å². The molecule has 3 aliphatic heterocycles. The lowest BCUT2D eigenvalue weighted by Crippen LogP contribution is -2.53. The van der Waals surface area contributed by atoms with E-state index in [9.17, 15) is 9.59 Å². The fourth-order valence-corrected chi connectivity index (χ4v) is 5.36. The van der Waals surface area contributed by atoms with Gasteiger partial charge in [-0.2, -0.15) is 0 Å². The van der Waals surface area contributed by atoms with Gasteiger partial charge in [-0.3, -0.25) is 9.59 Å². The summed E-state index contributed by atoms with van der Waals surface area (Å²) in [6.07, 6.45) is 4.46. The maximum atomic E-state index is 13.3. The first-order valence-corrected chi connectivity index (χ1v) is 11.8. The summed E-state index contributed by atoms with van der Waals surface area (Å²) in [5.41, 5.74) is 4.75. The summed E-state index contributed by atoms with van der Waals surface area (Å²) < 4.78 is 0. The molecule has 0 radical (unpaired) electrons. The SMILES string of the molecule is Cc1cccc(N2CCN(C(=O)c3ccc4c(c3)N(C)C3CCCCCN3C4=O)CC2)c1. The molecule has 0 bridgehead atoms. The minimum atomic E-state index is 0.0563. The standard InChI is InChI=1S/C26H32N4O2/c1-19-7-6-8-21(17-19)28-13-15-29(16-14-28)25(31)20-10-11-22-23(18-20)27(2)24-9-4-3-5-12-30(24)26(22)32/h6-8,10-11,17-18,24H,3-5,9,12-16H2,1-2H3. The predicted molar refractivity (Wildman–Crippen MR) is 127 cm³/mol. The van der Waals surface area contributed by atoms with Gasteiger partial charge < -0.3 is 19.6 Å². The number of carbonyl (C=O) groups is 2. The molecule has 0 aliphatic carbocycles. The van der Waals surface area contributed by atoms with Crippen LogP contribution in [0.4, 0.5) is 11.4 Å². The molecule has 6 nitrogen and oxygen atoms in total. The maximum Gasteiger partial charge on any atom is 0.257 e. The monoisotopic (exact) mass is 432 g/mol. The fourth-order valence-electron chi connectivity index (χ4n) is 5.36. The van der Waals surface area contributed by atoms with Gasteiger partial charge in [-0.05, 0) is 62.1 Å². The van der Waals surface area contributed by atoms with Crippen molar-refractivity contribution in [3.05, 3.63) is 59.2 Å². The summed E-state index contributed by atoms with van der Waals surface area (Å²) in [4.78, 5) is 34.9. The van der Waals surface area contributed by atoms with Crippen LogP contribution in [0, 0.1) is 6.92 Å². The molecule has 3 aliphatic rings. The van der Waals surface area contributed by atoms with Crippen LogP contribution in [0.2, 0.25) is 0 Å². The van der Waals surface area contributed by atoms with Gasteiger partial charge in [0.05, 0.1) is 11.3 Å². The average molecular weight is 433 g/mol. The molecule has 32 heavy (non-hydrogen) atoms. The number of amides is 2. The lowest BCUT2D eigenvalue weighted by atomic mass is 10.0. The van der Waals surface area contributed by atoms with Gasteiger partial charge >= 0.3 is 0 Å². The first kappa shape index (κ1) is 20.9. The molecule has 2 aromatic carbocycles. The number of piperazine rings is 1. The zero-order valence-electron chi connectivity index (χ0n) is 19.1. The summed E-state index contributed by atoms with van der Waals surface area (Å²) in [6.45, 7) is 5.99. The molecule has 2 saturated heterocycles. The second kappa shape index (κ2) is 8.49. The van der Waals surface area contributed by atoms with Crippen molar-refractivity contribution in [2.45, 2.75) is 38.8 Å². The molecule has 3 heterocycles. The topological polar surface area (TPSA) is 47.1 Å². The van der Waals surface area contributed by atoms with Crippen LogP contribution in [0.3, 0.4) is 0 Å². The normalized spacial score (nSPS) is 21.2. The van der Waals surface area contributed by atoms with Gasteiger partial charge in [0.2, 0.25) is 0 Å². The van der Waals surface area contributed by atoms with Crippen LogP contribution in [0.25, 0.3) is 0 Å². The van der Waals surface area contributed by atoms with Crippen molar-refractivity contribution in [1.29, 1.82) is 0 Å². The predicted octanol–water partition coefficient (Wildman–Crippen LogP) is 3.75. The summed E-state index contributed by atoms with van der Waals surface area (Å²) in [5, 5.41) is 0. The number of carbonyl (C=O) groups excluding carboxylic acids is 2. The number of anilines is 2. The first-order chi connectivity index (χ1) is 15.5. The Balaban J connectivity index is 1.32. The van der Waals surface area contributed by atoms with E-state index < -0.39 is 0 Å². The van der Waals surface area contributed by atoms with E-state index in [1.807, 2.05) is 28.0 Å². The van der Waals surface area contributed by atoms with Gasteiger partial charge in [-0.15, -0.1) is 0 Å². The number of rotatable bonds is 2. The van der Waals surface area contributed by atoms with Crippen molar-refractivity contribution in [2.24, 2.45) is 0 Å². The number of aryl methyl sites for hydroxylation is 1. The highest BCUT2D eigenvalue weighted by atomic mass is 16.2. The zero-order valence-corrected chi connectivity index (χ0v) is 19.1. The Kier molecular flexibility index (Phi) is 5.53. The Labute approximate surface area is 190 Å². The molecule has 0 spiro atoms. The number of nitrogens with zero attached hydrogens (tertiary/aromatic N) is 4. The number of fused-ring (bicyclic) bond motifs is 2. The quantitative estimate of drug-likeness (QED) is 0.725. The highest BCUT2D eigenvalue weighted by Crippen LogP contribution is 2.34. The van der Waals surface area contributed by atoms with E-state index in [1.54, 1.807) is 0 Å². The maximum absolute atomic E-state index is 13.3. The van der Waals surface area contributed by atoms with Crippen molar-refractivity contribution in [1.82, 2.24) is 9.80 Å². The fraction of sp³-hybridized carbons (Fsp3) is 0.462. The molecule has 168 valence electrons. The molecule has 0 N–H and O–H groups in total. The molecular formula is C26H32N4O2. The van der Waals surface area contributed by atoms with Gasteiger partial charge in [-0.1, -0.05) is 18.6 Å².